The van der Waals surface area contributed by atoms with Crippen LogP contribution in [0.1, 0.15) is 11.6 Å². The van der Waals surface area contributed by atoms with E-state index in [0.717, 1.165) is 5.56 Å². The van der Waals surface area contributed by atoms with Crippen molar-refractivity contribution in [1.82, 2.24) is 4.98 Å². The monoisotopic (exact) mass is 405 g/mol. The maximum atomic E-state index is 13.4. The van der Waals surface area contributed by atoms with Gasteiger partial charge in [0.25, 0.3) is 5.91 Å². The lowest BCUT2D eigenvalue weighted by Gasteiger charge is -2.28. The predicted octanol–water partition coefficient (Wildman–Crippen LogP) is 3.79. The molecule has 5 rings (SSSR count). The fourth-order valence-corrected chi connectivity index (χ4v) is 4.07. The van der Waals surface area contributed by atoms with E-state index in [4.69, 9.17) is 16.4 Å². The molecule has 7 heteroatoms. The smallest absolute Gasteiger partial charge is 0.266 e. The highest BCUT2D eigenvalue weighted by molar-refractivity contribution is 6.30. The van der Waals surface area contributed by atoms with Crippen molar-refractivity contribution < 1.29 is 14.4 Å². The number of carbonyl (C=O) groups excluding carboxylic acids is 2. The van der Waals surface area contributed by atoms with E-state index in [1.54, 1.807) is 72.1 Å². The predicted molar refractivity (Wildman–Crippen MR) is 108 cm³/mol. The second-order valence-electron chi connectivity index (χ2n) is 6.93. The van der Waals surface area contributed by atoms with Crippen molar-refractivity contribution in [1.29, 1.82) is 0 Å². The van der Waals surface area contributed by atoms with Crippen LogP contribution in [0.4, 0.5) is 11.4 Å². The standard InChI is InChI=1S/C22H16ClN3O3/c23-15-8-10-17(11-9-15)26-19(14-5-4-12-24-13-14)18-20(29-26)22(28)25(21(18)27)16-6-2-1-3-7-16/h1-13,18-20H/t18-,19+,20+/m1/s1. The quantitative estimate of drug-likeness (QED) is 0.620. The molecule has 0 unspecified atom stereocenters. The van der Waals surface area contributed by atoms with E-state index in [9.17, 15) is 9.59 Å². The number of benzene rings is 2. The summed E-state index contributed by atoms with van der Waals surface area (Å²) >= 11 is 6.02. The van der Waals surface area contributed by atoms with Gasteiger partial charge < -0.3 is 0 Å². The Morgan fingerprint density at radius 2 is 1.62 bits per heavy atom. The third-order valence-corrected chi connectivity index (χ3v) is 5.49. The molecule has 0 saturated carbocycles. The normalized spacial score (nSPS) is 23.6. The number of amides is 2. The minimum absolute atomic E-state index is 0.281. The van der Waals surface area contributed by atoms with Gasteiger partial charge in [0.2, 0.25) is 5.91 Å². The Bertz CT molecular complexity index is 1060. The lowest BCUT2D eigenvalue weighted by atomic mass is 9.91. The van der Waals surface area contributed by atoms with Crippen molar-refractivity contribution in [2.45, 2.75) is 12.1 Å². The third kappa shape index (κ3) is 2.88. The first-order chi connectivity index (χ1) is 14.1. The molecule has 144 valence electrons. The second-order valence-corrected chi connectivity index (χ2v) is 7.37. The summed E-state index contributed by atoms with van der Waals surface area (Å²) in [6.07, 6.45) is 2.47. The van der Waals surface area contributed by atoms with Crippen molar-refractivity contribution in [3.8, 4) is 0 Å². The highest BCUT2D eigenvalue weighted by atomic mass is 35.5. The Kier molecular flexibility index (Phi) is 4.30. The van der Waals surface area contributed by atoms with E-state index >= 15 is 0 Å². The van der Waals surface area contributed by atoms with Crippen LogP contribution in [-0.2, 0) is 14.4 Å². The lowest BCUT2D eigenvalue weighted by Crippen LogP contribution is -2.37. The van der Waals surface area contributed by atoms with E-state index in [1.807, 2.05) is 12.1 Å². The van der Waals surface area contributed by atoms with Gasteiger partial charge in [-0.25, -0.2) is 9.96 Å². The molecule has 0 spiro atoms. The summed E-state index contributed by atoms with van der Waals surface area (Å²) in [5.41, 5.74) is 2.05. The van der Waals surface area contributed by atoms with Crippen LogP contribution in [0.15, 0.2) is 79.1 Å². The molecule has 2 saturated heterocycles. The molecular formula is C22H16ClN3O3. The number of imide groups is 1. The van der Waals surface area contributed by atoms with Crippen molar-refractivity contribution in [2.75, 3.05) is 9.96 Å². The molecule has 0 N–H and O–H groups in total. The van der Waals surface area contributed by atoms with Gasteiger partial charge >= 0.3 is 0 Å². The minimum Gasteiger partial charge on any atom is -0.273 e. The Hall–Kier alpha value is -3.22. The van der Waals surface area contributed by atoms with Crippen LogP contribution < -0.4 is 9.96 Å². The zero-order valence-electron chi connectivity index (χ0n) is 15.2. The summed E-state index contributed by atoms with van der Waals surface area (Å²) in [5.74, 6) is -1.32. The summed E-state index contributed by atoms with van der Waals surface area (Å²) in [6, 6.07) is 19.2. The van der Waals surface area contributed by atoms with Crippen molar-refractivity contribution in [3.05, 3.63) is 89.7 Å². The van der Waals surface area contributed by atoms with Gasteiger partial charge in [0.05, 0.1) is 17.4 Å². The maximum absolute atomic E-state index is 13.4. The van der Waals surface area contributed by atoms with Crippen LogP contribution >= 0.6 is 11.6 Å². The number of para-hydroxylation sites is 1. The van der Waals surface area contributed by atoms with Gasteiger partial charge in [-0.3, -0.25) is 19.4 Å². The summed E-state index contributed by atoms with van der Waals surface area (Å²) < 4.78 is 0. The molecule has 2 aliphatic rings. The number of halogens is 1. The van der Waals surface area contributed by atoms with E-state index in [2.05, 4.69) is 4.98 Å². The van der Waals surface area contributed by atoms with Gasteiger partial charge in [0.1, 0.15) is 5.92 Å². The van der Waals surface area contributed by atoms with Crippen molar-refractivity contribution in [2.24, 2.45) is 5.92 Å². The van der Waals surface area contributed by atoms with Crippen molar-refractivity contribution >= 4 is 34.8 Å². The molecule has 1 aromatic heterocycles. The Morgan fingerprint density at radius 3 is 2.31 bits per heavy atom. The first-order valence-corrected chi connectivity index (χ1v) is 9.57. The molecule has 3 heterocycles. The Labute approximate surface area is 172 Å². The van der Waals surface area contributed by atoms with Gasteiger partial charge in [-0.15, -0.1) is 0 Å². The molecule has 2 amide bonds. The SMILES string of the molecule is O=C1[C@H]2[C@H](ON(c3ccc(Cl)cc3)[C@H]2c2cccnc2)C(=O)N1c1ccccc1. The topological polar surface area (TPSA) is 62.7 Å². The van der Waals surface area contributed by atoms with E-state index in [-0.39, 0.29) is 11.8 Å². The van der Waals surface area contributed by atoms with E-state index in [0.29, 0.717) is 16.4 Å². The number of hydroxylamine groups is 1. The first-order valence-electron chi connectivity index (χ1n) is 9.19. The highest BCUT2D eigenvalue weighted by Crippen LogP contribution is 2.47. The molecule has 6 nitrogen and oxygen atoms in total. The van der Waals surface area contributed by atoms with E-state index in [1.165, 1.54) is 4.90 Å². The summed E-state index contributed by atoms with van der Waals surface area (Å²) in [5, 5.41) is 2.22. The summed E-state index contributed by atoms with van der Waals surface area (Å²) in [4.78, 5) is 38.0. The number of hydrogen-bond acceptors (Lipinski definition) is 5. The fraction of sp³-hybridized carbons (Fsp3) is 0.136. The number of carbonyl (C=O) groups is 2. The Balaban J connectivity index is 1.58. The van der Waals surface area contributed by atoms with Crippen LogP contribution in [0.5, 0.6) is 0 Å². The molecule has 0 bridgehead atoms. The number of nitrogens with zero attached hydrogens (tertiary/aromatic N) is 3. The van der Waals surface area contributed by atoms with Crippen LogP contribution in [0, 0.1) is 5.92 Å². The Morgan fingerprint density at radius 1 is 0.862 bits per heavy atom. The average Bonchev–Trinajstić information content (AvgIpc) is 3.26. The molecule has 29 heavy (non-hydrogen) atoms. The third-order valence-electron chi connectivity index (χ3n) is 5.24. The summed E-state index contributed by atoms with van der Waals surface area (Å²) in [6.45, 7) is 0. The van der Waals surface area contributed by atoms with Gasteiger partial charge in [-0.2, -0.15) is 0 Å². The number of fused-ring (bicyclic) bond motifs is 1. The second kappa shape index (κ2) is 6.99. The zero-order valence-corrected chi connectivity index (χ0v) is 15.9. The number of pyridine rings is 1. The van der Waals surface area contributed by atoms with E-state index < -0.39 is 18.1 Å². The average molecular weight is 406 g/mol. The van der Waals surface area contributed by atoms with Crippen LogP contribution in [0.3, 0.4) is 0 Å². The molecule has 3 atom stereocenters. The highest BCUT2D eigenvalue weighted by Gasteiger charge is 2.60. The number of hydrogen-bond donors (Lipinski definition) is 0. The molecule has 0 aliphatic carbocycles. The van der Waals surface area contributed by atoms with Gasteiger partial charge in [-0.1, -0.05) is 35.9 Å². The molecular weight excluding hydrogens is 390 g/mol. The molecule has 0 radical (unpaired) electrons. The summed E-state index contributed by atoms with van der Waals surface area (Å²) in [7, 11) is 0. The lowest BCUT2D eigenvalue weighted by molar-refractivity contribution is -0.126. The molecule has 2 fully saturated rings. The van der Waals surface area contributed by atoms with Gasteiger partial charge in [0, 0.05) is 17.4 Å². The first kappa shape index (κ1) is 17.8. The number of anilines is 2. The fourth-order valence-electron chi connectivity index (χ4n) is 3.95. The van der Waals surface area contributed by atoms with Crippen LogP contribution in [0.25, 0.3) is 0 Å². The van der Waals surface area contributed by atoms with Crippen molar-refractivity contribution in [3.63, 3.8) is 0 Å². The zero-order chi connectivity index (χ0) is 20.0. The van der Waals surface area contributed by atoms with Crippen LogP contribution in [0.2, 0.25) is 5.02 Å². The molecule has 2 aromatic carbocycles. The molecule has 2 aliphatic heterocycles. The number of rotatable bonds is 3. The maximum Gasteiger partial charge on any atom is 0.266 e. The molecule has 3 aromatic rings. The van der Waals surface area contributed by atoms with Gasteiger partial charge in [0.15, 0.2) is 6.10 Å². The minimum atomic E-state index is -0.899. The van der Waals surface area contributed by atoms with Crippen LogP contribution in [-0.4, -0.2) is 22.9 Å². The largest absolute Gasteiger partial charge is 0.273 e. The number of aromatic nitrogens is 1. The van der Waals surface area contributed by atoms with Gasteiger partial charge in [-0.05, 0) is 48.0 Å².